The summed E-state index contributed by atoms with van der Waals surface area (Å²) in [6, 6.07) is 9.67. The third kappa shape index (κ3) is 3.01. The van der Waals surface area contributed by atoms with E-state index in [1.807, 2.05) is 30.3 Å². The summed E-state index contributed by atoms with van der Waals surface area (Å²) >= 11 is 0. The summed E-state index contributed by atoms with van der Waals surface area (Å²) in [4.78, 5) is 30.6. The monoisotopic (exact) mass is 367 g/mol. The molecule has 4 bridgehead atoms. The largest absolute Gasteiger partial charge is 0.382 e. The van der Waals surface area contributed by atoms with Crippen molar-refractivity contribution in [3.8, 4) is 0 Å². The Morgan fingerprint density at radius 2 is 1.59 bits per heavy atom. The maximum atomic E-state index is 12.9. The van der Waals surface area contributed by atoms with Gasteiger partial charge in [-0.1, -0.05) is 35.5 Å². The highest BCUT2D eigenvalue weighted by Gasteiger charge is 2.54. The van der Waals surface area contributed by atoms with E-state index in [2.05, 4.69) is 16.0 Å². The van der Waals surface area contributed by atoms with Crippen LogP contribution in [-0.2, 0) is 14.4 Å². The first-order valence-corrected chi connectivity index (χ1v) is 10.00. The van der Waals surface area contributed by atoms with E-state index in [1.54, 1.807) is 0 Å². The van der Waals surface area contributed by atoms with Gasteiger partial charge in [-0.25, -0.2) is 0 Å². The molecule has 5 aliphatic rings. The fraction of sp³-hybridized carbons (Fsp3) is 0.571. The fourth-order valence-corrected chi connectivity index (χ4v) is 6.04. The zero-order chi connectivity index (χ0) is 18.4. The minimum Gasteiger partial charge on any atom is -0.382 e. The molecule has 1 atom stereocenters. The van der Waals surface area contributed by atoms with Crippen molar-refractivity contribution in [2.75, 3.05) is 0 Å². The SMILES string of the molecule is O=C(NNC(=O)C12CC3CC(CC(C3)C1)C2)[C@H]1CC(c2ccccc2)=NO1. The molecule has 2 N–H and O–H groups in total. The highest BCUT2D eigenvalue weighted by atomic mass is 16.6. The number of hydrazine groups is 1. The minimum atomic E-state index is -0.697. The van der Waals surface area contributed by atoms with Crippen LogP contribution < -0.4 is 10.9 Å². The van der Waals surface area contributed by atoms with Gasteiger partial charge in [0.2, 0.25) is 12.0 Å². The first-order chi connectivity index (χ1) is 13.1. The average Bonchev–Trinajstić information content (AvgIpc) is 3.16. The molecule has 27 heavy (non-hydrogen) atoms. The van der Waals surface area contributed by atoms with Crippen LogP contribution in [0.2, 0.25) is 0 Å². The van der Waals surface area contributed by atoms with Crippen LogP contribution >= 0.6 is 0 Å². The van der Waals surface area contributed by atoms with Crippen molar-refractivity contribution in [1.29, 1.82) is 0 Å². The van der Waals surface area contributed by atoms with E-state index in [-0.39, 0.29) is 17.2 Å². The molecule has 142 valence electrons. The zero-order valence-corrected chi connectivity index (χ0v) is 15.3. The first kappa shape index (κ1) is 16.8. The number of carbonyl (C=O) groups is 2. The first-order valence-electron chi connectivity index (χ1n) is 10.00. The molecule has 1 heterocycles. The quantitative estimate of drug-likeness (QED) is 0.806. The number of amides is 2. The fourth-order valence-electron chi connectivity index (χ4n) is 6.04. The molecule has 6 nitrogen and oxygen atoms in total. The highest BCUT2D eigenvalue weighted by Crippen LogP contribution is 2.60. The van der Waals surface area contributed by atoms with E-state index in [9.17, 15) is 9.59 Å². The van der Waals surface area contributed by atoms with E-state index in [0.717, 1.165) is 30.5 Å². The van der Waals surface area contributed by atoms with Gasteiger partial charge in [0.1, 0.15) is 0 Å². The lowest BCUT2D eigenvalue weighted by Gasteiger charge is -2.55. The average molecular weight is 367 g/mol. The van der Waals surface area contributed by atoms with Gasteiger partial charge in [0.15, 0.2) is 0 Å². The summed E-state index contributed by atoms with van der Waals surface area (Å²) in [5, 5.41) is 4.03. The van der Waals surface area contributed by atoms with Crippen molar-refractivity contribution in [1.82, 2.24) is 10.9 Å². The summed E-state index contributed by atoms with van der Waals surface area (Å²) in [6.07, 6.45) is 6.49. The number of oxime groups is 1. The Balaban J connectivity index is 1.17. The zero-order valence-electron chi connectivity index (χ0n) is 15.3. The minimum absolute atomic E-state index is 0.0165. The number of rotatable bonds is 3. The summed E-state index contributed by atoms with van der Waals surface area (Å²) in [6.45, 7) is 0. The lowest BCUT2D eigenvalue weighted by atomic mass is 9.49. The Morgan fingerprint density at radius 1 is 0.963 bits per heavy atom. The predicted molar refractivity (Wildman–Crippen MR) is 99.4 cm³/mol. The molecule has 4 aliphatic carbocycles. The molecule has 2 amide bonds. The number of carbonyl (C=O) groups excluding carboxylic acids is 2. The normalized spacial score (nSPS) is 36.1. The van der Waals surface area contributed by atoms with Crippen molar-refractivity contribution < 1.29 is 14.4 Å². The number of hydrogen-bond donors (Lipinski definition) is 2. The van der Waals surface area contributed by atoms with Crippen molar-refractivity contribution in [3.63, 3.8) is 0 Å². The molecule has 1 aromatic carbocycles. The Morgan fingerprint density at radius 3 is 2.22 bits per heavy atom. The molecule has 6 rings (SSSR count). The van der Waals surface area contributed by atoms with Crippen LogP contribution in [0.4, 0.5) is 0 Å². The molecular formula is C21H25N3O3. The third-order valence-electron chi connectivity index (χ3n) is 6.89. The number of nitrogens with one attached hydrogen (secondary N) is 2. The van der Waals surface area contributed by atoms with Crippen LogP contribution in [-0.4, -0.2) is 23.6 Å². The molecule has 0 spiro atoms. The van der Waals surface area contributed by atoms with Gasteiger partial charge in [-0.05, 0) is 61.8 Å². The van der Waals surface area contributed by atoms with E-state index < -0.39 is 6.10 Å². The van der Waals surface area contributed by atoms with Crippen molar-refractivity contribution in [3.05, 3.63) is 35.9 Å². The van der Waals surface area contributed by atoms with Crippen LogP contribution in [0.5, 0.6) is 0 Å². The van der Waals surface area contributed by atoms with E-state index >= 15 is 0 Å². The smallest absolute Gasteiger partial charge is 0.282 e. The van der Waals surface area contributed by atoms with Gasteiger partial charge in [0.05, 0.1) is 11.1 Å². The van der Waals surface area contributed by atoms with E-state index in [1.165, 1.54) is 19.3 Å². The number of nitrogens with zero attached hydrogens (tertiary/aromatic N) is 1. The molecule has 1 aromatic rings. The molecular weight excluding hydrogens is 342 g/mol. The molecule has 4 fully saturated rings. The molecule has 0 radical (unpaired) electrons. The Hall–Kier alpha value is -2.37. The highest BCUT2D eigenvalue weighted by molar-refractivity contribution is 6.04. The van der Waals surface area contributed by atoms with Crippen molar-refractivity contribution in [2.45, 2.75) is 51.0 Å². The summed E-state index contributed by atoms with van der Waals surface area (Å²) < 4.78 is 0. The Labute approximate surface area is 158 Å². The number of benzene rings is 1. The molecule has 0 unspecified atom stereocenters. The summed E-state index contributed by atoms with van der Waals surface area (Å²) in [5.74, 6) is 1.72. The van der Waals surface area contributed by atoms with Gasteiger partial charge in [-0.15, -0.1) is 0 Å². The van der Waals surface area contributed by atoms with Gasteiger partial charge in [-0.2, -0.15) is 0 Å². The van der Waals surface area contributed by atoms with Crippen molar-refractivity contribution in [2.24, 2.45) is 28.3 Å². The summed E-state index contributed by atoms with van der Waals surface area (Å²) in [5.41, 5.74) is 6.71. The van der Waals surface area contributed by atoms with Crippen LogP contribution in [0.3, 0.4) is 0 Å². The predicted octanol–water partition coefficient (Wildman–Crippen LogP) is 2.54. The van der Waals surface area contributed by atoms with Gasteiger partial charge >= 0.3 is 0 Å². The molecule has 0 saturated heterocycles. The van der Waals surface area contributed by atoms with Crippen LogP contribution in [0.15, 0.2) is 35.5 Å². The van der Waals surface area contributed by atoms with Gasteiger partial charge in [-0.3, -0.25) is 20.4 Å². The van der Waals surface area contributed by atoms with Crippen LogP contribution in [0.25, 0.3) is 0 Å². The molecule has 0 aromatic heterocycles. The van der Waals surface area contributed by atoms with Crippen molar-refractivity contribution >= 4 is 17.5 Å². The standard InChI is InChI=1S/C21H25N3O3/c25-19(18-9-17(24-27-18)16-4-2-1-3-5-16)22-23-20(26)21-10-13-6-14(11-21)8-15(7-13)12-21/h1-5,13-15,18H,6-12H2,(H,22,25)(H,23,26)/t13?,14?,15?,18-,21?/m1/s1. The third-order valence-corrected chi connectivity index (χ3v) is 6.89. The van der Waals surface area contributed by atoms with Crippen LogP contribution in [0, 0.1) is 23.2 Å². The van der Waals surface area contributed by atoms with Gasteiger partial charge in [0.25, 0.3) is 5.91 Å². The number of hydrogen-bond acceptors (Lipinski definition) is 4. The van der Waals surface area contributed by atoms with Gasteiger partial charge in [0, 0.05) is 6.42 Å². The maximum Gasteiger partial charge on any atom is 0.282 e. The topological polar surface area (TPSA) is 79.8 Å². The lowest BCUT2D eigenvalue weighted by Crippen LogP contribution is -2.57. The van der Waals surface area contributed by atoms with E-state index in [0.29, 0.717) is 24.2 Å². The molecule has 6 heteroatoms. The molecule has 1 aliphatic heterocycles. The van der Waals surface area contributed by atoms with Crippen LogP contribution in [0.1, 0.15) is 50.5 Å². The molecule has 4 saturated carbocycles. The van der Waals surface area contributed by atoms with E-state index in [4.69, 9.17) is 4.84 Å². The second-order valence-electron chi connectivity index (χ2n) is 8.84. The Kier molecular flexibility index (Phi) is 3.95. The van der Waals surface area contributed by atoms with Gasteiger partial charge < -0.3 is 4.84 Å². The second kappa shape index (κ2) is 6.36. The second-order valence-corrected chi connectivity index (χ2v) is 8.84. The lowest BCUT2D eigenvalue weighted by molar-refractivity contribution is -0.150. The summed E-state index contributed by atoms with van der Waals surface area (Å²) in [7, 11) is 0. The Bertz CT molecular complexity index is 754. The maximum absolute atomic E-state index is 12.9.